The molecular weight excluding hydrogens is 460 g/mol. The number of nitrogens with one attached hydrogen (secondary N) is 1. The number of carbonyl (C=O) groups excluding carboxylic acids is 2. The van der Waals surface area contributed by atoms with E-state index in [0.29, 0.717) is 31.1 Å². The van der Waals surface area contributed by atoms with Crippen molar-refractivity contribution in [3.63, 3.8) is 0 Å². The molecule has 2 fully saturated rings. The predicted octanol–water partition coefficient (Wildman–Crippen LogP) is 3.02. The molecule has 4 aliphatic heterocycles. The molecule has 3 unspecified atom stereocenters. The van der Waals surface area contributed by atoms with Crippen LogP contribution in [-0.4, -0.2) is 79.7 Å². The molecule has 5 heterocycles. The van der Waals surface area contributed by atoms with Gasteiger partial charge in [-0.1, -0.05) is 6.92 Å². The maximum atomic E-state index is 12.3. The fraction of sp³-hybridized carbons (Fsp3) is 0.731. The Bertz CT molecular complexity index is 979. The van der Waals surface area contributed by atoms with Crippen LogP contribution in [-0.2, 0) is 22.6 Å². The van der Waals surface area contributed by atoms with Crippen LogP contribution in [0.5, 0.6) is 0 Å². The molecule has 35 heavy (non-hydrogen) atoms. The van der Waals surface area contributed by atoms with Gasteiger partial charge in [0.05, 0.1) is 23.7 Å². The molecule has 4 aliphatic rings. The van der Waals surface area contributed by atoms with Gasteiger partial charge in [-0.2, -0.15) is 0 Å². The summed E-state index contributed by atoms with van der Waals surface area (Å²) in [6, 6.07) is 1.85. The minimum Gasteiger partial charge on any atom is -0.366 e. The second kappa shape index (κ2) is 10.2. The Labute approximate surface area is 213 Å². The zero-order valence-corrected chi connectivity index (χ0v) is 22.4. The van der Waals surface area contributed by atoms with E-state index < -0.39 is 0 Å². The molecule has 5 rings (SSSR count). The molecule has 0 radical (unpaired) electrons. The maximum Gasteiger partial charge on any atom is 0.220 e. The predicted molar refractivity (Wildman–Crippen MR) is 139 cm³/mol. The summed E-state index contributed by atoms with van der Waals surface area (Å²) in [7, 11) is 2.10. The molecule has 1 aromatic rings. The van der Waals surface area contributed by atoms with Crippen molar-refractivity contribution in [1.82, 2.24) is 29.6 Å². The van der Waals surface area contributed by atoms with Crippen molar-refractivity contribution in [2.24, 2.45) is 0 Å². The summed E-state index contributed by atoms with van der Waals surface area (Å²) in [6.07, 6.45) is 9.39. The van der Waals surface area contributed by atoms with Crippen LogP contribution >= 0.6 is 11.8 Å². The molecule has 0 spiro atoms. The summed E-state index contributed by atoms with van der Waals surface area (Å²) >= 11 is 1.81. The summed E-state index contributed by atoms with van der Waals surface area (Å²) in [4.78, 5) is 35.9. The molecular formula is C26H40N6O2S. The number of thioether (sulfide) groups is 1. The van der Waals surface area contributed by atoms with Crippen molar-refractivity contribution in [3.05, 3.63) is 28.8 Å². The number of piperidine rings is 1. The van der Waals surface area contributed by atoms with Gasteiger partial charge in [-0.3, -0.25) is 14.5 Å². The van der Waals surface area contributed by atoms with Crippen LogP contribution in [0.15, 0.2) is 11.6 Å². The first-order valence-electron chi connectivity index (χ1n) is 13.3. The van der Waals surface area contributed by atoms with Crippen LogP contribution in [0.4, 0.5) is 0 Å². The van der Waals surface area contributed by atoms with E-state index in [1.807, 2.05) is 23.6 Å². The Hall–Kier alpha value is -2.00. The number of aromatic nitrogens is 2. The molecule has 192 valence electrons. The third-order valence-corrected chi connectivity index (χ3v) is 9.74. The molecule has 1 N–H and O–H groups in total. The van der Waals surface area contributed by atoms with E-state index in [9.17, 15) is 9.59 Å². The highest BCUT2D eigenvalue weighted by Crippen LogP contribution is 2.43. The van der Waals surface area contributed by atoms with E-state index in [4.69, 9.17) is 4.98 Å². The number of aryl methyl sites for hydroxylation is 1. The number of rotatable bonds is 7. The second-order valence-corrected chi connectivity index (χ2v) is 11.7. The molecule has 2 bridgehead atoms. The van der Waals surface area contributed by atoms with Crippen molar-refractivity contribution >= 4 is 23.6 Å². The Morgan fingerprint density at radius 3 is 2.60 bits per heavy atom. The van der Waals surface area contributed by atoms with Gasteiger partial charge in [-0.05, 0) is 44.4 Å². The van der Waals surface area contributed by atoms with E-state index in [1.165, 1.54) is 31.4 Å². The minimum absolute atomic E-state index is 0.139. The van der Waals surface area contributed by atoms with Crippen molar-refractivity contribution in [2.75, 3.05) is 20.1 Å². The van der Waals surface area contributed by atoms with E-state index in [2.05, 4.69) is 45.3 Å². The number of hydrogen-bond acceptors (Lipinski definition) is 6. The number of imidazole rings is 1. The summed E-state index contributed by atoms with van der Waals surface area (Å²) < 4.78 is 2.52. The van der Waals surface area contributed by atoms with Gasteiger partial charge in [0.2, 0.25) is 11.8 Å². The first-order valence-corrected chi connectivity index (χ1v) is 14.2. The average Bonchev–Trinajstić information content (AvgIpc) is 3.47. The lowest BCUT2D eigenvalue weighted by Gasteiger charge is -2.41. The zero-order chi connectivity index (χ0) is 24.7. The Kier molecular flexibility index (Phi) is 7.17. The first kappa shape index (κ1) is 24.7. The van der Waals surface area contributed by atoms with Crippen LogP contribution in [0.2, 0.25) is 0 Å². The summed E-state index contributed by atoms with van der Waals surface area (Å²) in [5.41, 5.74) is 2.45. The van der Waals surface area contributed by atoms with Gasteiger partial charge in [-0.25, -0.2) is 4.98 Å². The third-order valence-electron chi connectivity index (χ3n) is 8.52. The third kappa shape index (κ3) is 4.86. The van der Waals surface area contributed by atoms with Crippen LogP contribution in [0.1, 0.15) is 75.6 Å². The summed E-state index contributed by atoms with van der Waals surface area (Å²) in [5, 5.41) is 5.71. The fourth-order valence-corrected chi connectivity index (χ4v) is 7.85. The quantitative estimate of drug-likeness (QED) is 0.621. The molecule has 1 aromatic heterocycles. The van der Waals surface area contributed by atoms with Crippen molar-refractivity contribution < 1.29 is 9.59 Å². The molecule has 0 aliphatic carbocycles. The highest BCUT2D eigenvalue weighted by molar-refractivity contribution is 8.02. The van der Waals surface area contributed by atoms with Gasteiger partial charge in [0.1, 0.15) is 5.82 Å². The van der Waals surface area contributed by atoms with E-state index in [0.717, 1.165) is 37.4 Å². The number of carbonyl (C=O) groups is 2. The Balaban J connectivity index is 1.25. The molecule has 0 aromatic carbocycles. The summed E-state index contributed by atoms with van der Waals surface area (Å²) in [5.74, 6) is 1.39. The van der Waals surface area contributed by atoms with E-state index in [-0.39, 0.29) is 23.2 Å². The standard InChI is InChI=1S/C26H40N6O2S/c1-5-25(34)28-22(26-29(4)12-13-35-26)8-11-31-19-6-7-20(31)15-21(14-19)32-17(2)27-23-16-30(18(3)33)10-9-24(23)32/h12-13,19-22,26H,5-11,14-16H2,1-4H3,(H,28,34)/t19?,20?,21?,22-,26?/m0/s1. The van der Waals surface area contributed by atoms with E-state index in [1.54, 1.807) is 6.92 Å². The monoisotopic (exact) mass is 500 g/mol. The van der Waals surface area contributed by atoms with Gasteiger partial charge < -0.3 is 19.7 Å². The number of amides is 2. The highest BCUT2D eigenvalue weighted by Gasteiger charge is 2.43. The lowest BCUT2D eigenvalue weighted by Crippen LogP contribution is -2.50. The van der Waals surface area contributed by atoms with Crippen LogP contribution in [0, 0.1) is 6.92 Å². The van der Waals surface area contributed by atoms with Crippen LogP contribution in [0.25, 0.3) is 0 Å². The fourth-order valence-electron chi connectivity index (χ4n) is 6.77. The Morgan fingerprint density at radius 2 is 1.97 bits per heavy atom. The van der Waals surface area contributed by atoms with Gasteiger partial charge in [-0.15, -0.1) is 11.8 Å². The van der Waals surface area contributed by atoms with E-state index >= 15 is 0 Å². The second-order valence-electron chi connectivity index (χ2n) is 10.7. The van der Waals surface area contributed by atoms with Crippen molar-refractivity contribution in [2.45, 2.75) is 102 Å². The highest BCUT2D eigenvalue weighted by atomic mass is 32.2. The largest absolute Gasteiger partial charge is 0.366 e. The number of nitrogens with zero attached hydrogens (tertiary/aromatic N) is 5. The first-order chi connectivity index (χ1) is 16.9. The lowest BCUT2D eigenvalue weighted by atomic mass is 9.95. The van der Waals surface area contributed by atoms with Gasteiger partial charge >= 0.3 is 0 Å². The van der Waals surface area contributed by atoms with Gasteiger partial charge in [0.25, 0.3) is 0 Å². The number of likely N-dealkylation sites (N-methyl/N-ethyl adjacent to an activating group) is 1. The average molecular weight is 501 g/mol. The smallest absolute Gasteiger partial charge is 0.220 e. The summed E-state index contributed by atoms with van der Waals surface area (Å²) in [6.45, 7) is 8.20. The lowest BCUT2D eigenvalue weighted by molar-refractivity contribution is -0.129. The SMILES string of the molecule is CCC(=O)N[C@@H](CCN1C2CCC1CC(n1c(C)nc3c1CCN(C(C)=O)C3)C2)C1SC=CN1C. The molecule has 4 atom stereocenters. The number of hydrogen-bond donors (Lipinski definition) is 1. The minimum atomic E-state index is 0.139. The van der Waals surface area contributed by atoms with Crippen molar-refractivity contribution in [3.8, 4) is 0 Å². The molecule has 2 saturated heterocycles. The van der Waals surface area contributed by atoms with Crippen molar-refractivity contribution in [1.29, 1.82) is 0 Å². The van der Waals surface area contributed by atoms with Crippen LogP contribution in [0.3, 0.4) is 0 Å². The Morgan fingerprint density at radius 1 is 1.23 bits per heavy atom. The molecule has 9 heteroatoms. The number of fused-ring (bicyclic) bond motifs is 3. The van der Waals surface area contributed by atoms with Crippen LogP contribution < -0.4 is 5.32 Å². The zero-order valence-electron chi connectivity index (χ0n) is 21.6. The molecule has 2 amide bonds. The molecule has 8 nitrogen and oxygen atoms in total. The maximum absolute atomic E-state index is 12.3. The normalized spacial score (nSPS) is 28.9. The molecule has 0 saturated carbocycles. The van der Waals surface area contributed by atoms with Gasteiger partial charge in [0.15, 0.2) is 0 Å². The topological polar surface area (TPSA) is 73.7 Å². The van der Waals surface area contributed by atoms with Gasteiger partial charge in [0, 0.05) is 69.9 Å².